The van der Waals surface area contributed by atoms with E-state index in [-0.39, 0.29) is 0 Å². The number of halogens is 7. The Bertz CT molecular complexity index is 560. The predicted molar refractivity (Wildman–Crippen MR) is 85.0 cm³/mol. The molecule has 0 aromatic carbocycles. The molecule has 1 unspecified atom stereocenters. The van der Waals surface area contributed by atoms with Crippen molar-refractivity contribution in [3.63, 3.8) is 0 Å². The lowest BCUT2D eigenvalue weighted by atomic mass is 10.1. The molecule has 0 saturated heterocycles. The van der Waals surface area contributed by atoms with Crippen molar-refractivity contribution in [2.45, 2.75) is 62.4 Å². The van der Waals surface area contributed by atoms with Crippen LogP contribution in [-0.2, 0) is 23.8 Å². The Hall–Kier alpha value is -1.50. The molecule has 0 bridgehead atoms. The summed E-state index contributed by atoms with van der Waals surface area (Å²) in [5.74, 6) is -12.4. The Morgan fingerprint density at radius 3 is 2.00 bits per heavy atom. The number of ether oxygens (including phenoxy) is 3. The summed E-state index contributed by atoms with van der Waals surface area (Å²) < 4.78 is 105. The van der Waals surface area contributed by atoms with Gasteiger partial charge in [0.25, 0.3) is 0 Å². The minimum Gasteiger partial charge on any atom is -0.458 e. The van der Waals surface area contributed by atoms with E-state index in [1.165, 1.54) is 13.8 Å². The summed E-state index contributed by atoms with van der Waals surface area (Å²) in [7, 11) is 0. The van der Waals surface area contributed by atoms with Crippen LogP contribution in [0.1, 0.15) is 33.1 Å². The largest absolute Gasteiger partial charge is 0.468 e. The van der Waals surface area contributed by atoms with Crippen LogP contribution in [0.3, 0.4) is 0 Å². The maximum Gasteiger partial charge on any atom is 0.468 e. The fourth-order valence-electron chi connectivity index (χ4n) is 1.68. The molecule has 0 heterocycles. The minimum absolute atomic E-state index is 0.335. The summed E-state index contributed by atoms with van der Waals surface area (Å²) in [4.78, 5) is 23.2. The van der Waals surface area contributed by atoms with Gasteiger partial charge in [-0.05, 0) is 26.7 Å². The predicted octanol–water partition coefficient (Wildman–Crippen LogP) is 4.27. The zero-order valence-electron chi connectivity index (χ0n) is 14.8. The van der Waals surface area contributed by atoms with Gasteiger partial charge in [-0.3, -0.25) is 0 Å². The fraction of sp³-hybridized carbons (Fsp3) is 0.733. The highest BCUT2D eigenvalue weighted by molar-refractivity contribution is 7.81. The Kier molecular flexibility index (Phi) is 9.28. The smallest absolute Gasteiger partial charge is 0.458 e. The van der Waals surface area contributed by atoms with Crippen LogP contribution in [0.15, 0.2) is 12.7 Å². The maximum atomic E-state index is 13.5. The molecule has 164 valence electrons. The second kappa shape index (κ2) is 9.81. The van der Waals surface area contributed by atoms with E-state index >= 15 is 0 Å². The van der Waals surface area contributed by atoms with E-state index in [1.54, 1.807) is 0 Å². The van der Waals surface area contributed by atoms with Gasteiger partial charge in [0.05, 0.1) is 12.7 Å². The van der Waals surface area contributed by atoms with Crippen molar-refractivity contribution in [3.05, 3.63) is 12.7 Å². The molecule has 0 aromatic heterocycles. The van der Waals surface area contributed by atoms with Gasteiger partial charge in [0.15, 0.2) is 0 Å². The number of unbranched alkanes of at least 4 members (excludes halogenated alkanes) is 1. The normalized spacial score (nSPS) is 15.1. The first-order valence-electron chi connectivity index (χ1n) is 7.75. The van der Waals surface area contributed by atoms with Crippen LogP contribution >= 0.6 is 12.6 Å². The molecule has 0 aromatic rings. The molecule has 0 N–H and O–H groups in total. The second-order valence-electron chi connectivity index (χ2n) is 5.74. The zero-order chi connectivity index (χ0) is 22.4. The maximum absolute atomic E-state index is 13.5. The number of carbonyl (C=O) groups excluding carboxylic acids is 2. The van der Waals surface area contributed by atoms with E-state index < -0.39 is 67.1 Å². The number of carbonyl (C=O) groups is 2. The summed E-state index contributed by atoms with van der Waals surface area (Å²) in [6.07, 6.45) is -9.02. The Labute approximate surface area is 161 Å². The van der Waals surface area contributed by atoms with Gasteiger partial charge >= 0.3 is 35.1 Å². The topological polar surface area (TPSA) is 61.8 Å². The first kappa shape index (κ1) is 26.5. The van der Waals surface area contributed by atoms with Gasteiger partial charge < -0.3 is 14.2 Å². The Morgan fingerprint density at radius 2 is 1.61 bits per heavy atom. The van der Waals surface area contributed by atoms with Crippen LogP contribution in [0, 0.1) is 0 Å². The molecule has 0 rings (SSSR count). The monoisotopic (exact) mass is 444 g/mol. The summed E-state index contributed by atoms with van der Waals surface area (Å²) in [6, 6.07) is 0. The highest BCUT2D eigenvalue weighted by Crippen LogP contribution is 2.41. The van der Waals surface area contributed by atoms with Crippen molar-refractivity contribution in [2.75, 3.05) is 6.61 Å². The molecular weight excluding hydrogens is 425 g/mol. The quantitative estimate of drug-likeness (QED) is 0.129. The lowest BCUT2D eigenvalue weighted by molar-refractivity contribution is -0.355. The molecular formula is C15H19F7O5S. The van der Waals surface area contributed by atoms with Crippen molar-refractivity contribution in [1.29, 1.82) is 0 Å². The third-order valence-corrected chi connectivity index (χ3v) is 3.35. The molecule has 0 aliphatic rings. The standard InChI is InChI=1S/C15H19F7O5S/c1-4-10(23)27-13(14(18,19)20,11(24)26-9(2)3)25-8-6-5-7-12(16,17)15(21,22)28/h4,9,28H,1,5-8H2,2-3H3. The number of thiol groups is 1. The van der Waals surface area contributed by atoms with Crippen molar-refractivity contribution in [3.8, 4) is 0 Å². The molecule has 0 spiro atoms. The molecule has 13 heteroatoms. The molecule has 0 aliphatic carbocycles. The average molecular weight is 444 g/mol. The number of esters is 2. The lowest BCUT2D eigenvalue weighted by Gasteiger charge is -2.32. The number of alkyl halides is 7. The highest BCUT2D eigenvalue weighted by Gasteiger charge is 2.67. The molecule has 0 fully saturated rings. The van der Waals surface area contributed by atoms with E-state index in [0.29, 0.717) is 6.08 Å². The fourth-order valence-corrected chi connectivity index (χ4v) is 1.79. The molecule has 0 amide bonds. The second-order valence-corrected chi connectivity index (χ2v) is 6.31. The van der Waals surface area contributed by atoms with Gasteiger partial charge in [0, 0.05) is 12.5 Å². The van der Waals surface area contributed by atoms with Gasteiger partial charge in [-0.25, -0.2) is 9.59 Å². The number of hydrogen-bond donors (Lipinski definition) is 1. The summed E-state index contributed by atoms with van der Waals surface area (Å²) in [6.45, 7) is 4.29. The average Bonchev–Trinajstić information content (AvgIpc) is 2.49. The summed E-state index contributed by atoms with van der Waals surface area (Å²) in [5.41, 5.74) is 0. The van der Waals surface area contributed by atoms with E-state index in [1.807, 2.05) is 0 Å². The van der Waals surface area contributed by atoms with Gasteiger partial charge in [-0.15, -0.1) is 0 Å². The van der Waals surface area contributed by atoms with Crippen LogP contribution in [0.25, 0.3) is 0 Å². The summed E-state index contributed by atoms with van der Waals surface area (Å²) >= 11 is 2.46. The lowest BCUT2D eigenvalue weighted by Crippen LogP contribution is -2.58. The van der Waals surface area contributed by atoms with E-state index in [9.17, 15) is 40.3 Å². The van der Waals surface area contributed by atoms with Gasteiger partial charge in [0.1, 0.15) is 0 Å². The van der Waals surface area contributed by atoms with Gasteiger partial charge in [0.2, 0.25) is 0 Å². The first-order chi connectivity index (χ1) is 12.5. The third kappa shape index (κ3) is 7.15. The van der Waals surface area contributed by atoms with Crippen LogP contribution in [0.2, 0.25) is 0 Å². The van der Waals surface area contributed by atoms with Crippen LogP contribution in [0.5, 0.6) is 0 Å². The Morgan fingerprint density at radius 1 is 1.07 bits per heavy atom. The van der Waals surface area contributed by atoms with E-state index in [2.05, 4.69) is 33.4 Å². The zero-order valence-corrected chi connectivity index (χ0v) is 15.7. The molecule has 28 heavy (non-hydrogen) atoms. The van der Waals surface area contributed by atoms with Crippen molar-refractivity contribution in [2.24, 2.45) is 0 Å². The minimum atomic E-state index is -5.60. The first-order valence-corrected chi connectivity index (χ1v) is 8.20. The van der Waals surface area contributed by atoms with E-state index in [0.717, 1.165) is 0 Å². The summed E-state index contributed by atoms with van der Waals surface area (Å²) in [5, 5.41) is -4.62. The van der Waals surface area contributed by atoms with Gasteiger partial charge in [-0.2, -0.15) is 30.7 Å². The SMILES string of the molecule is C=CC(=O)OC(OCCCCC(F)(F)C(F)(F)S)(C(=O)OC(C)C)C(F)(F)F. The van der Waals surface area contributed by atoms with Gasteiger partial charge in [-0.1, -0.05) is 19.2 Å². The molecule has 0 saturated carbocycles. The van der Waals surface area contributed by atoms with Crippen LogP contribution in [0.4, 0.5) is 30.7 Å². The van der Waals surface area contributed by atoms with Crippen LogP contribution < -0.4 is 0 Å². The van der Waals surface area contributed by atoms with Crippen molar-refractivity contribution < 1.29 is 54.5 Å². The number of rotatable bonds is 11. The molecule has 1 atom stereocenters. The molecule has 0 aliphatic heterocycles. The van der Waals surface area contributed by atoms with Crippen LogP contribution in [-0.4, -0.2) is 47.8 Å². The molecule has 0 radical (unpaired) electrons. The third-order valence-electron chi connectivity index (χ3n) is 3.03. The van der Waals surface area contributed by atoms with E-state index in [4.69, 9.17) is 0 Å². The Balaban J connectivity index is 5.30. The highest BCUT2D eigenvalue weighted by atomic mass is 32.1. The number of hydrogen-bond acceptors (Lipinski definition) is 6. The molecule has 5 nitrogen and oxygen atoms in total. The van der Waals surface area contributed by atoms with Crippen molar-refractivity contribution >= 4 is 24.6 Å². The van der Waals surface area contributed by atoms with Crippen molar-refractivity contribution in [1.82, 2.24) is 0 Å².